The molecule has 0 saturated carbocycles. The van der Waals surface area contributed by atoms with E-state index in [4.69, 9.17) is 4.74 Å². The zero-order valence-corrected chi connectivity index (χ0v) is 11.5. The smallest absolute Gasteiger partial charge is 0.178 e. The molecule has 0 unspecified atom stereocenters. The molecule has 0 bridgehead atoms. The first kappa shape index (κ1) is 12.8. The summed E-state index contributed by atoms with van der Waals surface area (Å²) in [5, 5.41) is 0. The molecule has 0 amide bonds. The van der Waals surface area contributed by atoms with Gasteiger partial charge in [0, 0.05) is 11.4 Å². The molecule has 0 spiro atoms. The maximum absolute atomic E-state index is 11.1. The van der Waals surface area contributed by atoms with Gasteiger partial charge in [-0.2, -0.15) is 0 Å². The van der Waals surface area contributed by atoms with Crippen LogP contribution in [0.15, 0.2) is 47.1 Å². The first-order chi connectivity index (χ1) is 8.65. The molecular weight excluding hydrogens is 294 g/mol. The summed E-state index contributed by atoms with van der Waals surface area (Å²) in [6, 6.07) is 11.3. The molecule has 0 aliphatic heterocycles. The van der Waals surface area contributed by atoms with Crippen LogP contribution in [0.1, 0.15) is 23.0 Å². The Hall–Kier alpha value is -1.68. The average Bonchev–Trinajstić information content (AvgIpc) is 2.37. The summed E-state index contributed by atoms with van der Waals surface area (Å²) in [7, 11) is 0. The summed E-state index contributed by atoms with van der Waals surface area (Å²) in [6.07, 6.45) is 1.56. The zero-order chi connectivity index (χ0) is 13.0. The van der Waals surface area contributed by atoms with E-state index in [0.717, 1.165) is 10.0 Å². The molecule has 1 aromatic carbocycles. The Morgan fingerprint density at radius 2 is 2.17 bits per heavy atom. The van der Waals surface area contributed by atoms with Gasteiger partial charge in [0.15, 0.2) is 5.78 Å². The van der Waals surface area contributed by atoms with Crippen LogP contribution in [0.25, 0.3) is 0 Å². The van der Waals surface area contributed by atoms with Gasteiger partial charge >= 0.3 is 0 Å². The van der Waals surface area contributed by atoms with Gasteiger partial charge in [-0.3, -0.25) is 4.79 Å². The number of hydrogen-bond acceptors (Lipinski definition) is 3. The number of halogens is 1. The molecule has 0 radical (unpaired) electrons. The number of benzene rings is 1. The van der Waals surface area contributed by atoms with Gasteiger partial charge in [-0.1, -0.05) is 28.1 Å². The van der Waals surface area contributed by atoms with Crippen molar-refractivity contribution in [3.8, 4) is 5.75 Å². The third-order valence-electron chi connectivity index (χ3n) is 2.39. The Labute approximate surface area is 114 Å². The van der Waals surface area contributed by atoms with Crippen LogP contribution in [0.5, 0.6) is 5.75 Å². The SMILES string of the molecule is CC(=O)c1ccc(OCc2cccc(Br)c2)cn1. The number of Topliss-reactive ketones (excluding diaryl/α,β-unsaturated/α-hetero) is 1. The summed E-state index contributed by atoms with van der Waals surface area (Å²) in [6.45, 7) is 1.96. The topological polar surface area (TPSA) is 39.2 Å². The van der Waals surface area contributed by atoms with E-state index in [-0.39, 0.29) is 5.78 Å². The monoisotopic (exact) mass is 305 g/mol. The minimum Gasteiger partial charge on any atom is -0.487 e. The van der Waals surface area contributed by atoms with Crippen LogP contribution in [0.4, 0.5) is 0 Å². The Bertz CT molecular complexity index is 552. The molecule has 4 heteroatoms. The van der Waals surface area contributed by atoms with Gasteiger partial charge in [0.2, 0.25) is 0 Å². The van der Waals surface area contributed by atoms with Crippen molar-refractivity contribution in [1.82, 2.24) is 4.98 Å². The molecule has 0 aliphatic rings. The van der Waals surface area contributed by atoms with Crippen molar-refractivity contribution in [2.24, 2.45) is 0 Å². The minimum atomic E-state index is -0.0476. The van der Waals surface area contributed by atoms with E-state index >= 15 is 0 Å². The lowest BCUT2D eigenvalue weighted by Gasteiger charge is -2.06. The summed E-state index contributed by atoms with van der Waals surface area (Å²) >= 11 is 3.41. The molecule has 3 nitrogen and oxygen atoms in total. The number of ketones is 1. The number of ether oxygens (including phenoxy) is 1. The van der Waals surface area contributed by atoms with Crippen molar-refractivity contribution in [2.45, 2.75) is 13.5 Å². The lowest BCUT2D eigenvalue weighted by molar-refractivity contribution is 0.101. The number of aromatic nitrogens is 1. The van der Waals surface area contributed by atoms with E-state index in [1.165, 1.54) is 6.92 Å². The molecule has 2 rings (SSSR count). The van der Waals surface area contributed by atoms with E-state index in [9.17, 15) is 4.79 Å². The van der Waals surface area contributed by atoms with Crippen molar-refractivity contribution in [3.63, 3.8) is 0 Å². The minimum absolute atomic E-state index is 0.0476. The van der Waals surface area contributed by atoms with E-state index in [1.807, 2.05) is 24.3 Å². The molecule has 18 heavy (non-hydrogen) atoms. The summed E-state index contributed by atoms with van der Waals surface area (Å²) in [5.74, 6) is 0.605. The number of nitrogens with zero attached hydrogens (tertiary/aromatic N) is 1. The summed E-state index contributed by atoms with van der Waals surface area (Å²) in [5.41, 5.74) is 1.52. The van der Waals surface area contributed by atoms with Gasteiger partial charge in [-0.15, -0.1) is 0 Å². The fraction of sp³-hybridized carbons (Fsp3) is 0.143. The lowest BCUT2D eigenvalue weighted by Crippen LogP contribution is -1.99. The Balaban J connectivity index is 2.00. The normalized spacial score (nSPS) is 10.1. The highest BCUT2D eigenvalue weighted by Crippen LogP contribution is 2.15. The molecule has 0 N–H and O–H groups in total. The van der Waals surface area contributed by atoms with Crippen LogP contribution in [-0.2, 0) is 6.61 Å². The Morgan fingerprint density at radius 1 is 1.33 bits per heavy atom. The maximum Gasteiger partial charge on any atom is 0.178 e. The van der Waals surface area contributed by atoms with Crippen LogP contribution in [-0.4, -0.2) is 10.8 Å². The van der Waals surface area contributed by atoms with Crippen molar-refractivity contribution >= 4 is 21.7 Å². The van der Waals surface area contributed by atoms with Gasteiger partial charge in [0.25, 0.3) is 0 Å². The van der Waals surface area contributed by atoms with Crippen LogP contribution in [0.2, 0.25) is 0 Å². The summed E-state index contributed by atoms with van der Waals surface area (Å²) in [4.78, 5) is 15.1. The lowest BCUT2D eigenvalue weighted by atomic mass is 10.2. The first-order valence-corrected chi connectivity index (χ1v) is 6.28. The molecule has 92 valence electrons. The predicted octanol–water partition coefficient (Wildman–Crippen LogP) is 3.63. The second kappa shape index (κ2) is 5.78. The van der Waals surface area contributed by atoms with E-state index < -0.39 is 0 Å². The number of rotatable bonds is 4. The first-order valence-electron chi connectivity index (χ1n) is 5.49. The maximum atomic E-state index is 11.1. The standard InChI is InChI=1S/C14H12BrNO2/c1-10(17)14-6-5-13(8-16-14)18-9-11-3-2-4-12(15)7-11/h2-8H,9H2,1H3. The quantitative estimate of drug-likeness (QED) is 0.810. The largest absolute Gasteiger partial charge is 0.487 e. The number of hydrogen-bond donors (Lipinski definition) is 0. The fourth-order valence-corrected chi connectivity index (χ4v) is 1.91. The highest BCUT2D eigenvalue weighted by molar-refractivity contribution is 9.10. The molecule has 0 aliphatic carbocycles. The second-order valence-corrected chi connectivity index (χ2v) is 4.77. The highest BCUT2D eigenvalue weighted by atomic mass is 79.9. The average molecular weight is 306 g/mol. The van der Waals surface area contributed by atoms with Crippen molar-refractivity contribution in [2.75, 3.05) is 0 Å². The van der Waals surface area contributed by atoms with Crippen LogP contribution in [0.3, 0.4) is 0 Å². The van der Waals surface area contributed by atoms with E-state index in [0.29, 0.717) is 18.1 Å². The van der Waals surface area contributed by atoms with Gasteiger partial charge in [-0.25, -0.2) is 4.98 Å². The summed E-state index contributed by atoms with van der Waals surface area (Å²) < 4.78 is 6.61. The van der Waals surface area contributed by atoms with Crippen molar-refractivity contribution in [1.29, 1.82) is 0 Å². The molecule has 0 atom stereocenters. The second-order valence-electron chi connectivity index (χ2n) is 3.85. The number of pyridine rings is 1. The fourth-order valence-electron chi connectivity index (χ4n) is 1.47. The molecular formula is C14H12BrNO2. The van der Waals surface area contributed by atoms with Crippen LogP contribution >= 0.6 is 15.9 Å². The van der Waals surface area contributed by atoms with Gasteiger partial charge in [0.05, 0.1) is 6.20 Å². The Morgan fingerprint density at radius 3 is 2.78 bits per heavy atom. The highest BCUT2D eigenvalue weighted by Gasteiger charge is 2.01. The van der Waals surface area contributed by atoms with Gasteiger partial charge in [0.1, 0.15) is 18.1 Å². The van der Waals surface area contributed by atoms with E-state index in [2.05, 4.69) is 20.9 Å². The molecule has 1 aromatic heterocycles. The third-order valence-corrected chi connectivity index (χ3v) is 2.88. The molecule has 0 saturated heterocycles. The van der Waals surface area contributed by atoms with Gasteiger partial charge < -0.3 is 4.74 Å². The third kappa shape index (κ3) is 3.40. The molecule has 0 fully saturated rings. The van der Waals surface area contributed by atoms with Gasteiger partial charge in [-0.05, 0) is 29.8 Å². The van der Waals surface area contributed by atoms with Crippen LogP contribution in [0, 0.1) is 0 Å². The molecule has 2 aromatic rings. The zero-order valence-electron chi connectivity index (χ0n) is 9.89. The molecule has 1 heterocycles. The van der Waals surface area contributed by atoms with Crippen LogP contribution < -0.4 is 4.74 Å². The predicted molar refractivity (Wildman–Crippen MR) is 72.7 cm³/mol. The number of carbonyl (C=O) groups is 1. The Kier molecular flexibility index (Phi) is 4.10. The number of carbonyl (C=O) groups excluding carboxylic acids is 1. The van der Waals surface area contributed by atoms with Crippen molar-refractivity contribution < 1.29 is 9.53 Å². The van der Waals surface area contributed by atoms with E-state index in [1.54, 1.807) is 18.3 Å². The van der Waals surface area contributed by atoms with Crippen molar-refractivity contribution in [3.05, 3.63) is 58.3 Å².